The summed E-state index contributed by atoms with van der Waals surface area (Å²) in [5.41, 5.74) is 3.46. The Balaban J connectivity index is 1.52. The number of anilines is 2. The van der Waals surface area contributed by atoms with Crippen molar-refractivity contribution in [3.8, 4) is 11.5 Å². The molecule has 1 N–H and O–H groups in total. The van der Waals surface area contributed by atoms with E-state index in [-0.39, 0.29) is 18.2 Å². The Labute approximate surface area is 181 Å². The van der Waals surface area contributed by atoms with Gasteiger partial charge < -0.3 is 19.7 Å². The highest BCUT2D eigenvalue weighted by molar-refractivity contribution is 6.32. The molecule has 2 aliphatic rings. The number of aryl methyl sites for hydroxylation is 1. The van der Waals surface area contributed by atoms with Gasteiger partial charge in [-0.25, -0.2) is 0 Å². The Bertz CT molecular complexity index is 991. The van der Waals surface area contributed by atoms with Crippen molar-refractivity contribution in [2.45, 2.75) is 33.1 Å². The van der Waals surface area contributed by atoms with Crippen LogP contribution in [0.5, 0.6) is 11.5 Å². The lowest BCUT2D eigenvalue weighted by Crippen LogP contribution is -2.28. The first-order valence-corrected chi connectivity index (χ1v) is 10.7. The molecule has 158 valence electrons. The standard InChI is InChI=1S/C23H25ClN2O4/c1-3-14-5-7-18(24)17(4-2)22(14)25-23(28)15-11-21(27)26(13-15)16-6-8-19-20(12-16)30-10-9-29-19/h5-8,12,15H,3-4,9-11,13H2,1-2H3,(H,25,28)/t15-/m0/s1. The van der Waals surface area contributed by atoms with Crippen LogP contribution in [0.25, 0.3) is 0 Å². The molecule has 2 heterocycles. The van der Waals surface area contributed by atoms with E-state index in [1.54, 1.807) is 17.0 Å². The first-order chi connectivity index (χ1) is 14.5. The average molecular weight is 429 g/mol. The predicted molar refractivity (Wildman–Crippen MR) is 117 cm³/mol. The molecular weight excluding hydrogens is 404 g/mol. The summed E-state index contributed by atoms with van der Waals surface area (Å²) in [4.78, 5) is 27.3. The molecule has 0 radical (unpaired) electrons. The van der Waals surface area contributed by atoms with Gasteiger partial charge in [0.25, 0.3) is 0 Å². The number of nitrogens with one attached hydrogen (secondary N) is 1. The summed E-state index contributed by atoms with van der Waals surface area (Å²) in [7, 11) is 0. The Morgan fingerprint density at radius 3 is 2.63 bits per heavy atom. The SMILES string of the molecule is CCc1ccc(Cl)c(CC)c1NC(=O)[C@H]1CC(=O)N(c2ccc3c(c2)OCCO3)C1. The molecule has 30 heavy (non-hydrogen) atoms. The van der Waals surface area contributed by atoms with Crippen LogP contribution in [0.15, 0.2) is 30.3 Å². The molecule has 6 nitrogen and oxygen atoms in total. The molecule has 0 bridgehead atoms. The van der Waals surface area contributed by atoms with Crippen LogP contribution in [0.1, 0.15) is 31.4 Å². The van der Waals surface area contributed by atoms with E-state index in [4.69, 9.17) is 21.1 Å². The van der Waals surface area contributed by atoms with Crippen LogP contribution < -0.4 is 19.7 Å². The molecule has 7 heteroatoms. The first kappa shape index (κ1) is 20.5. The molecule has 1 atom stereocenters. The molecule has 2 amide bonds. The van der Waals surface area contributed by atoms with Crippen LogP contribution in [0.2, 0.25) is 5.02 Å². The molecule has 0 saturated carbocycles. The topological polar surface area (TPSA) is 67.9 Å². The van der Waals surface area contributed by atoms with E-state index in [2.05, 4.69) is 5.32 Å². The predicted octanol–water partition coefficient (Wildman–Crippen LogP) is 4.23. The third-order valence-corrected chi connectivity index (χ3v) is 6.01. The lowest BCUT2D eigenvalue weighted by molar-refractivity contribution is -0.122. The number of rotatable bonds is 5. The summed E-state index contributed by atoms with van der Waals surface area (Å²) >= 11 is 6.35. The van der Waals surface area contributed by atoms with Crippen LogP contribution in [0, 0.1) is 5.92 Å². The zero-order valence-electron chi connectivity index (χ0n) is 17.2. The zero-order valence-corrected chi connectivity index (χ0v) is 17.9. The monoisotopic (exact) mass is 428 g/mol. The average Bonchev–Trinajstić information content (AvgIpc) is 3.15. The fourth-order valence-electron chi connectivity index (χ4n) is 4.02. The number of carbonyl (C=O) groups excluding carboxylic acids is 2. The van der Waals surface area contributed by atoms with Crippen LogP contribution in [0.3, 0.4) is 0 Å². The lowest BCUT2D eigenvalue weighted by atomic mass is 10.0. The van der Waals surface area contributed by atoms with Gasteiger partial charge >= 0.3 is 0 Å². The number of halogens is 1. The molecule has 4 rings (SSSR count). The lowest BCUT2D eigenvalue weighted by Gasteiger charge is -2.22. The summed E-state index contributed by atoms with van der Waals surface area (Å²) in [5, 5.41) is 3.70. The summed E-state index contributed by atoms with van der Waals surface area (Å²) in [6, 6.07) is 9.24. The van der Waals surface area contributed by atoms with E-state index in [0.29, 0.717) is 42.0 Å². The molecule has 2 aromatic carbocycles. The third-order valence-electron chi connectivity index (χ3n) is 5.66. The Morgan fingerprint density at radius 1 is 1.13 bits per heavy atom. The van der Waals surface area contributed by atoms with Crippen molar-refractivity contribution in [3.05, 3.63) is 46.5 Å². The molecule has 0 spiro atoms. The number of hydrogen-bond donors (Lipinski definition) is 1. The fraction of sp³-hybridized carbons (Fsp3) is 0.391. The Hall–Kier alpha value is -2.73. The fourth-order valence-corrected chi connectivity index (χ4v) is 4.32. The minimum absolute atomic E-state index is 0.0793. The van der Waals surface area contributed by atoms with E-state index in [0.717, 1.165) is 29.7 Å². The second-order valence-electron chi connectivity index (χ2n) is 7.49. The van der Waals surface area contributed by atoms with Crippen LogP contribution >= 0.6 is 11.6 Å². The van der Waals surface area contributed by atoms with Crippen molar-refractivity contribution >= 4 is 34.8 Å². The quantitative estimate of drug-likeness (QED) is 0.773. The first-order valence-electron chi connectivity index (χ1n) is 10.3. The normalized spacial score (nSPS) is 17.9. The summed E-state index contributed by atoms with van der Waals surface area (Å²) in [5.74, 6) is 0.628. The molecule has 1 saturated heterocycles. The second-order valence-corrected chi connectivity index (χ2v) is 7.90. The smallest absolute Gasteiger partial charge is 0.229 e. The van der Waals surface area contributed by atoms with Crippen LogP contribution in [-0.4, -0.2) is 31.6 Å². The van der Waals surface area contributed by atoms with E-state index in [9.17, 15) is 9.59 Å². The van der Waals surface area contributed by atoms with Gasteiger partial charge in [-0.2, -0.15) is 0 Å². The number of fused-ring (bicyclic) bond motifs is 1. The largest absolute Gasteiger partial charge is 0.486 e. The molecule has 1 fully saturated rings. The van der Waals surface area contributed by atoms with Gasteiger partial charge in [-0.3, -0.25) is 9.59 Å². The van der Waals surface area contributed by atoms with Gasteiger partial charge in [0.2, 0.25) is 11.8 Å². The number of amides is 2. The van der Waals surface area contributed by atoms with Crippen molar-refractivity contribution < 1.29 is 19.1 Å². The second kappa shape index (κ2) is 8.56. The summed E-state index contributed by atoms with van der Waals surface area (Å²) < 4.78 is 11.2. The molecule has 2 aromatic rings. The van der Waals surface area contributed by atoms with Gasteiger partial charge in [0.15, 0.2) is 11.5 Å². The van der Waals surface area contributed by atoms with Gasteiger partial charge in [-0.05, 0) is 42.2 Å². The number of benzene rings is 2. The summed E-state index contributed by atoms with van der Waals surface area (Å²) in [6.45, 7) is 5.38. The number of hydrogen-bond acceptors (Lipinski definition) is 4. The van der Waals surface area contributed by atoms with E-state index < -0.39 is 5.92 Å². The molecule has 0 aliphatic carbocycles. The van der Waals surface area contributed by atoms with Crippen LogP contribution in [-0.2, 0) is 22.4 Å². The van der Waals surface area contributed by atoms with Crippen molar-refractivity contribution in [1.29, 1.82) is 0 Å². The zero-order chi connectivity index (χ0) is 21.3. The maximum Gasteiger partial charge on any atom is 0.229 e. The van der Waals surface area contributed by atoms with Crippen LogP contribution in [0.4, 0.5) is 11.4 Å². The Morgan fingerprint density at radius 2 is 1.90 bits per heavy atom. The molecule has 0 aromatic heterocycles. The molecule has 2 aliphatic heterocycles. The number of nitrogens with zero attached hydrogens (tertiary/aromatic N) is 1. The van der Waals surface area contributed by atoms with Gasteiger partial charge in [0, 0.05) is 35.4 Å². The van der Waals surface area contributed by atoms with Gasteiger partial charge in [-0.15, -0.1) is 0 Å². The highest BCUT2D eigenvalue weighted by atomic mass is 35.5. The minimum Gasteiger partial charge on any atom is -0.486 e. The van der Waals surface area contributed by atoms with Gasteiger partial charge in [0.05, 0.1) is 5.92 Å². The number of carbonyl (C=O) groups is 2. The van der Waals surface area contributed by atoms with Gasteiger partial charge in [0.1, 0.15) is 13.2 Å². The highest BCUT2D eigenvalue weighted by Crippen LogP contribution is 2.36. The third kappa shape index (κ3) is 3.84. The summed E-state index contributed by atoms with van der Waals surface area (Å²) in [6.07, 6.45) is 1.67. The maximum absolute atomic E-state index is 13.0. The highest BCUT2D eigenvalue weighted by Gasteiger charge is 2.36. The van der Waals surface area contributed by atoms with Crippen molar-refractivity contribution in [2.24, 2.45) is 5.92 Å². The van der Waals surface area contributed by atoms with E-state index >= 15 is 0 Å². The van der Waals surface area contributed by atoms with Gasteiger partial charge in [-0.1, -0.05) is 31.5 Å². The molecular formula is C23H25ClN2O4. The van der Waals surface area contributed by atoms with Crippen molar-refractivity contribution in [1.82, 2.24) is 0 Å². The van der Waals surface area contributed by atoms with Crippen molar-refractivity contribution in [3.63, 3.8) is 0 Å². The maximum atomic E-state index is 13.0. The van der Waals surface area contributed by atoms with E-state index in [1.165, 1.54) is 0 Å². The minimum atomic E-state index is -0.431. The van der Waals surface area contributed by atoms with E-state index in [1.807, 2.05) is 32.0 Å². The van der Waals surface area contributed by atoms with Crippen molar-refractivity contribution in [2.75, 3.05) is 30.0 Å². The Kier molecular flexibility index (Phi) is 5.86. The number of ether oxygens (including phenoxy) is 2. The molecule has 0 unspecified atom stereocenters.